The van der Waals surface area contributed by atoms with Crippen molar-refractivity contribution in [2.24, 2.45) is 11.7 Å². The van der Waals surface area contributed by atoms with Gasteiger partial charge in [0.05, 0.1) is 0 Å². The van der Waals surface area contributed by atoms with Gasteiger partial charge in [-0.1, -0.05) is 38.0 Å². The van der Waals surface area contributed by atoms with Crippen molar-refractivity contribution in [1.29, 1.82) is 0 Å². The first kappa shape index (κ1) is 12.4. The van der Waals surface area contributed by atoms with E-state index in [1.807, 2.05) is 0 Å². The second-order valence-corrected chi connectivity index (χ2v) is 5.24. The summed E-state index contributed by atoms with van der Waals surface area (Å²) in [6, 6.07) is 11.0. The zero-order chi connectivity index (χ0) is 12.1. The Balaban J connectivity index is 1.98. The number of unbranched alkanes of at least 4 members (excludes halogenated alkanes) is 1. The molecule has 1 fully saturated rings. The van der Waals surface area contributed by atoms with E-state index in [1.165, 1.54) is 37.9 Å². The van der Waals surface area contributed by atoms with Gasteiger partial charge < -0.3 is 10.6 Å². The minimum absolute atomic E-state index is 0.339. The Morgan fingerprint density at radius 1 is 1.24 bits per heavy atom. The molecule has 0 bridgehead atoms. The maximum atomic E-state index is 6.18. The van der Waals surface area contributed by atoms with Gasteiger partial charge in [0, 0.05) is 24.8 Å². The van der Waals surface area contributed by atoms with Crippen LogP contribution in [-0.4, -0.2) is 19.1 Å². The predicted octanol–water partition coefficient (Wildman–Crippen LogP) is 3.03. The average molecular weight is 232 g/mol. The van der Waals surface area contributed by atoms with E-state index in [4.69, 9.17) is 5.73 Å². The van der Waals surface area contributed by atoms with E-state index < -0.39 is 0 Å². The van der Waals surface area contributed by atoms with Crippen molar-refractivity contribution in [2.45, 2.75) is 38.6 Å². The molecule has 0 aliphatic carbocycles. The van der Waals surface area contributed by atoms with Crippen LogP contribution < -0.4 is 10.6 Å². The van der Waals surface area contributed by atoms with Crippen LogP contribution in [0.3, 0.4) is 0 Å². The molecule has 2 rings (SSSR count). The first-order chi connectivity index (χ1) is 8.29. The summed E-state index contributed by atoms with van der Waals surface area (Å²) in [6.45, 7) is 4.45. The highest BCUT2D eigenvalue weighted by Gasteiger charge is 2.24. The summed E-state index contributed by atoms with van der Waals surface area (Å²) < 4.78 is 0. The monoisotopic (exact) mass is 232 g/mol. The molecular formula is C15H24N2. The molecule has 1 aliphatic rings. The number of hydrogen-bond donors (Lipinski definition) is 1. The molecule has 0 radical (unpaired) electrons. The molecule has 17 heavy (non-hydrogen) atoms. The smallest absolute Gasteiger partial charge is 0.0366 e. The molecule has 1 aromatic rings. The van der Waals surface area contributed by atoms with Gasteiger partial charge >= 0.3 is 0 Å². The van der Waals surface area contributed by atoms with Gasteiger partial charge in [-0.15, -0.1) is 0 Å². The number of rotatable bonds is 4. The van der Waals surface area contributed by atoms with E-state index in [0.29, 0.717) is 6.04 Å². The summed E-state index contributed by atoms with van der Waals surface area (Å²) in [5, 5.41) is 0. The number of piperidine rings is 1. The molecule has 2 unspecified atom stereocenters. The Morgan fingerprint density at radius 3 is 2.71 bits per heavy atom. The molecule has 0 spiro atoms. The molecule has 0 aromatic heterocycles. The molecule has 0 amide bonds. The van der Waals surface area contributed by atoms with E-state index in [9.17, 15) is 0 Å². The second kappa shape index (κ2) is 6.06. The average Bonchev–Trinajstić information content (AvgIpc) is 2.37. The van der Waals surface area contributed by atoms with Crippen molar-refractivity contribution in [3.8, 4) is 0 Å². The van der Waals surface area contributed by atoms with Crippen molar-refractivity contribution < 1.29 is 0 Å². The third kappa shape index (κ3) is 3.47. The second-order valence-electron chi connectivity index (χ2n) is 5.24. The Bertz CT molecular complexity index is 323. The third-order valence-corrected chi connectivity index (χ3v) is 3.66. The zero-order valence-corrected chi connectivity index (χ0v) is 10.8. The Hall–Kier alpha value is -1.02. The molecule has 2 atom stereocenters. The highest BCUT2D eigenvalue weighted by molar-refractivity contribution is 5.46. The highest BCUT2D eigenvalue weighted by Crippen LogP contribution is 2.25. The van der Waals surface area contributed by atoms with E-state index in [2.05, 4.69) is 42.2 Å². The summed E-state index contributed by atoms with van der Waals surface area (Å²) in [7, 11) is 0. The topological polar surface area (TPSA) is 29.3 Å². The number of nitrogens with two attached hydrogens (primary N) is 1. The SMILES string of the molecule is CCCCC1CC(N)CN(c2ccccc2)C1. The van der Waals surface area contributed by atoms with Crippen LogP contribution in [-0.2, 0) is 0 Å². The van der Waals surface area contributed by atoms with Crippen LogP contribution in [0.5, 0.6) is 0 Å². The van der Waals surface area contributed by atoms with Gasteiger partial charge in [0.25, 0.3) is 0 Å². The van der Waals surface area contributed by atoms with Gasteiger partial charge in [-0.3, -0.25) is 0 Å². The first-order valence-corrected chi connectivity index (χ1v) is 6.85. The van der Waals surface area contributed by atoms with Crippen molar-refractivity contribution in [2.75, 3.05) is 18.0 Å². The van der Waals surface area contributed by atoms with Crippen molar-refractivity contribution in [1.82, 2.24) is 0 Å². The maximum Gasteiger partial charge on any atom is 0.0366 e. The van der Waals surface area contributed by atoms with Crippen LogP contribution in [0.2, 0.25) is 0 Å². The number of nitrogens with zero attached hydrogens (tertiary/aromatic N) is 1. The molecule has 0 saturated carbocycles. The van der Waals surface area contributed by atoms with Gasteiger partial charge in [-0.2, -0.15) is 0 Å². The van der Waals surface area contributed by atoms with Gasteiger partial charge in [0.2, 0.25) is 0 Å². The molecule has 2 nitrogen and oxygen atoms in total. The van der Waals surface area contributed by atoms with Crippen LogP contribution in [0.15, 0.2) is 30.3 Å². The summed E-state index contributed by atoms with van der Waals surface area (Å²) >= 11 is 0. The van der Waals surface area contributed by atoms with Crippen molar-refractivity contribution >= 4 is 5.69 Å². The largest absolute Gasteiger partial charge is 0.370 e. The normalized spacial score (nSPS) is 24.9. The van der Waals surface area contributed by atoms with E-state index in [-0.39, 0.29) is 0 Å². The van der Waals surface area contributed by atoms with E-state index in [1.54, 1.807) is 0 Å². The predicted molar refractivity (Wildman–Crippen MR) is 74.3 cm³/mol. The van der Waals surface area contributed by atoms with E-state index >= 15 is 0 Å². The Labute approximate surface area is 105 Å². The molecule has 1 saturated heterocycles. The van der Waals surface area contributed by atoms with E-state index in [0.717, 1.165) is 12.5 Å². The lowest BCUT2D eigenvalue weighted by Gasteiger charge is -2.38. The van der Waals surface area contributed by atoms with Crippen molar-refractivity contribution in [3.63, 3.8) is 0 Å². The lowest BCUT2D eigenvalue weighted by Crippen LogP contribution is -2.47. The summed E-state index contributed by atoms with van der Waals surface area (Å²) in [5.41, 5.74) is 7.51. The zero-order valence-electron chi connectivity index (χ0n) is 10.8. The van der Waals surface area contributed by atoms with Crippen LogP contribution >= 0.6 is 0 Å². The number of para-hydroxylation sites is 1. The Morgan fingerprint density at radius 2 is 2.00 bits per heavy atom. The molecule has 94 valence electrons. The Kier molecular flexibility index (Phi) is 4.43. The van der Waals surface area contributed by atoms with Crippen molar-refractivity contribution in [3.05, 3.63) is 30.3 Å². The number of anilines is 1. The quantitative estimate of drug-likeness (QED) is 0.864. The van der Waals surface area contributed by atoms with Crippen LogP contribution in [0.25, 0.3) is 0 Å². The molecule has 2 N–H and O–H groups in total. The first-order valence-electron chi connectivity index (χ1n) is 6.85. The summed E-state index contributed by atoms with van der Waals surface area (Å²) in [5.74, 6) is 0.777. The summed E-state index contributed by atoms with van der Waals surface area (Å²) in [6.07, 6.45) is 5.15. The molecular weight excluding hydrogens is 208 g/mol. The number of benzene rings is 1. The summed E-state index contributed by atoms with van der Waals surface area (Å²) in [4.78, 5) is 2.45. The number of hydrogen-bond acceptors (Lipinski definition) is 2. The fourth-order valence-corrected chi connectivity index (χ4v) is 2.80. The van der Waals surface area contributed by atoms with Gasteiger partial charge in [0.1, 0.15) is 0 Å². The maximum absolute atomic E-state index is 6.18. The van der Waals surface area contributed by atoms with Crippen LogP contribution in [0.4, 0.5) is 5.69 Å². The van der Waals surface area contributed by atoms with Gasteiger partial charge in [0.15, 0.2) is 0 Å². The van der Waals surface area contributed by atoms with Gasteiger partial charge in [-0.05, 0) is 30.9 Å². The standard InChI is InChI=1S/C15H24N2/c1-2-3-7-13-10-14(16)12-17(11-13)15-8-5-4-6-9-15/h4-6,8-9,13-14H,2-3,7,10-12,16H2,1H3. The lowest BCUT2D eigenvalue weighted by molar-refractivity contribution is 0.349. The minimum atomic E-state index is 0.339. The molecule has 1 heterocycles. The molecule has 1 aliphatic heterocycles. The lowest BCUT2D eigenvalue weighted by atomic mass is 9.90. The molecule has 1 aromatic carbocycles. The minimum Gasteiger partial charge on any atom is -0.370 e. The third-order valence-electron chi connectivity index (χ3n) is 3.66. The van der Waals surface area contributed by atoms with Gasteiger partial charge in [-0.25, -0.2) is 0 Å². The molecule has 2 heteroatoms. The fraction of sp³-hybridized carbons (Fsp3) is 0.600. The fourth-order valence-electron chi connectivity index (χ4n) is 2.80. The van der Waals surface area contributed by atoms with Crippen LogP contribution in [0.1, 0.15) is 32.6 Å². The highest BCUT2D eigenvalue weighted by atomic mass is 15.2. The van der Waals surface area contributed by atoms with Crippen LogP contribution in [0, 0.1) is 5.92 Å².